The van der Waals surface area contributed by atoms with Gasteiger partial charge in [0.15, 0.2) is 0 Å². The summed E-state index contributed by atoms with van der Waals surface area (Å²) in [6, 6.07) is 18.8. The van der Waals surface area contributed by atoms with E-state index in [2.05, 4.69) is 74.5 Å². The molecule has 1 aliphatic carbocycles. The lowest BCUT2D eigenvalue weighted by Gasteiger charge is -2.23. The molecule has 0 aliphatic heterocycles. The molecule has 0 aromatic heterocycles. The number of unbranched alkanes of at least 4 members (excludes halogenated alkanes) is 3. The maximum absolute atomic E-state index is 2.50. The van der Waals surface area contributed by atoms with E-state index in [4.69, 9.17) is 0 Å². The molecule has 0 nitrogen and oxygen atoms in total. The summed E-state index contributed by atoms with van der Waals surface area (Å²) in [7, 11) is 0. The smallest absolute Gasteiger partial charge is 0.00182 e. The number of hydrogen-bond donors (Lipinski definition) is 0. The van der Waals surface area contributed by atoms with Crippen LogP contribution in [-0.4, -0.2) is 0 Å². The van der Waals surface area contributed by atoms with Crippen molar-refractivity contribution in [1.82, 2.24) is 0 Å². The highest BCUT2D eigenvalue weighted by molar-refractivity contribution is 5.29. The van der Waals surface area contributed by atoms with Crippen LogP contribution in [0.25, 0.3) is 0 Å². The molecule has 2 aromatic carbocycles. The molecule has 0 radical (unpaired) electrons. The van der Waals surface area contributed by atoms with Crippen LogP contribution in [0, 0.1) is 5.92 Å². The van der Waals surface area contributed by atoms with Gasteiger partial charge in [0.2, 0.25) is 0 Å². The van der Waals surface area contributed by atoms with Gasteiger partial charge in [-0.1, -0.05) is 93.8 Å². The van der Waals surface area contributed by atoms with Crippen LogP contribution in [0.15, 0.2) is 60.7 Å². The zero-order valence-corrected chi connectivity index (χ0v) is 18.7. The maximum Gasteiger partial charge on any atom is 0.00182 e. The van der Waals surface area contributed by atoms with Gasteiger partial charge in [0.25, 0.3) is 0 Å². The Morgan fingerprint density at radius 2 is 1.21 bits per heavy atom. The second kappa shape index (κ2) is 12.0. The van der Waals surface area contributed by atoms with Crippen LogP contribution >= 0.6 is 0 Å². The van der Waals surface area contributed by atoms with Crippen molar-refractivity contribution in [3.05, 3.63) is 82.9 Å². The highest BCUT2D eigenvalue weighted by atomic mass is 14.2. The highest BCUT2D eigenvalue weighted by Gasteiger charge is 2.17. The maximum atomic E-state index is 2.50. The van der Waals surface area contributed by atoms with E-state index in [9.17, 15) is 0 Å². The molecule has 2 atom stereocenters. The van der Waals surface area contributed by atoms with E-state index in [-0.39, 0.29) is 0 Å². The van der Waals surface area contributed by atoms with Crippen molar-refractivity contribution < 1.29 is 0 Å². The molecule has 0 heterocycles. The summed E-state index contributed by atoms with van der Waals surface area (Å²) in [6.45, 7) is 4.54. The van der Waals surface area contributed by atoms with Crippen molar-refractivity contribution in [2.45, 2.75) is 90.4 Å². The van der Waals surface area contributed by atoms with Crippen LogP contribution in [0.2, 0.25) is 0 Å². The van der Waals surface area contributed by atoms with Crippen molar-refractivity contribution in [2.75, 3.05) is 0 Å². The lowest BCUT2D eigenvalue weighted by molar-refractivity contribution is 0.482. The molecule has 0 fully saturated rings. The molecule has 156 valence electrons. The van der Waals surface area contributed by atoms with E-state index in [1.54, 1.807) is 0 Å². The normalized spacial score (nSPS) is 18.8. The fourth-order valence-electron chi connectivity index (χ4n) is 4.51. The Balaban J connectivity index is 1.44. The van der Waals surface area contributed by atoms with Crippen molar-refractivity contribution in [3.63, 3.8) is 0 Å². The fraction of sp³-hybridized carbons (Fsp3) is 0.517. The Hall–Kier alpha value is -1.82. The third-order valence-electron chi connectivity index (χ3n) is 6.59. The van der Waals surface area contributed by atoms with E-state index in [0.717, 1.165) is 5.92 Å². The summed E-state index contributed by atoms with van der Waals surface area (Å²) in [5.74, 6) is 1.37. The molecular weight excluding hydrogens is 348 g/mol. The van der Waals surface area contributed by atoms with E-state index in [1.807, 2.05) is 0 Å². The third-order valence-corrected chi connectivity index (χ3v) is 6.59. The molecular formula is C29H40. The number of rotatable bonds is 11. The zero-order chi connectivity index (χ0) is 20.3. The minimum Gasteiger partial charge on any atom is -0.0848 e. The van der Waals surface area contributed by atoms with Gasteiger partial charge in [-0.05, 0) is 79.5 Å². The first-order valence-corrected chi connectivity index (χ1v) is 12.1. The number of benzene rings is 2. The number of allylic oxidation sites excluding steroid dienone is 2. The monoisotopic (exact) mass is 388 g/mol. The second-order valence-electron chi connectivity index (χ2n) is 8.99. The predicted octanol–water partition coefficient (Wildman–Crippen LogP) is 8.44. The molecule has 0 saturated carbocycles. The van der Waals surface area contributed by atoms with E-state index in [1.165, 1.54) is 92.9 Å². The second-order valence-corrected chi connectivity index (χ2v) is 8.99. The molecule has 0 N–H and O–H groups in total. The molecule has 3 rings (SSSR count). The third kappa shape index (κ3) is 7.18. The Bertz CT molecular complexity index is 720. The average Bonchev–Trinajstić information content (AvgIpc) is 2.78. The quantitative estimate of drug-likeness (QED) is 0.267. The van der Waals surface area contributed by atoms with Crippen molar-refractivity contribution in [1.29, 1.82) is 0 Å². The van der Waals surface area contributed by atoms with Crippen LogP contribution in [-0.2, 0) is 19.3 Å². The van der Waals surface area contributed by atoms with Gasteiger partial charge in [-0.3, -0.25) is 0 Å². The largest absolute Gasteiger partial charge is 0.0848 e. The molecule has 0 bridgehead atoms. The topological polar surface area (TPSA) is 0 Å². The minimum absolute atomic E-state index is 0.619. The van der Waals surface area contributed by atoms with Gasteiger partial charge in [0.1, 0.15) is 0 Å². The molecule has 2 aromatic rings. The van der Waals surface area contributed by atoms with Crippen LogP contribution in [0.3, 0.4) is 0 Å². The Morgan fingerprint density at radius 3 is 1.79 bits per heavy atom. The fourth-order valence-corrected chi connectivity index (χ4v) is 4.51. The number of aryl methyl sites for hydroxylation is 3. The molecule has 0 saturated heterocycles. The predicted molar refractivity (Wildman–Crippen MR) is 128 cm³/mol. The summed E-state index contributed by atoms with van der Waals surface area (Å²) < 4.78 is 0. The van der Waals surface area contributed by atoms with Gasteiger partial charge in [-0.15, -0.1) is 0 Å². The summed E-state index contributed by atoms with van der Waals surface area (Å²) >= 11 is 0. The van der Waals surface area contributed by atoms with Crippen molar-refractivity contribution >= 4 is 0 Å². The first-order valence-electron chi connectivity index (χ1n) is 12.1. The standard InChI is InChI=1S/C29H40/c1-3-5-7-9-25-16-20-28(21-17-25)29-22-18-27(19-23-29)15-14-26-12-10-24(11-13-26)8-6-4-2/h10-13,16-18,20-22,27,29H,3-9,14-15,19,23H2,1-2H3. The minimum atomic E-state index is 0.619. The van der Waals surface area contributed by atoms with E-state index >= 15 is 0 Å². The lowest BCUT2D eigenvalue weighted by atomic mass is 9.82. The molecule has 0 heteroatoms. The molecule has 29 heavy (non-hydrogen) atoms. The summed E-state index contributed by atoms with van der Waals surface area (Å²) in [6.07, 6.45) is 19.1. The van der Waals surface area contributed by atoms with E-state index < -0.39 is 0 Å². The van der Waals surface area contributed by atoms with Gasteiger partial charge < -0.3 is 0 Å². The van der Waals surface area contributed by atoms with Crippen molar-refractivity contribution in [3.8, 4) is 0 Å². The Labute approximate surface area is 179 Å². The highest BCUT2D eigenvalue weighted by Crippen LogP contribution is 2.32. The molecule has 0 amide bonds. The average molecular weight is 389 g/mol. The van der Waals surface area contributed by atoms with Gasteiger partial charge in [-0.25, -0.2) is 0 Å². The van der Waals surface area contributed by atoms with Crippen LogP contribution in [0.4, 0.5) is 0 Å². The van der Waals surface area contributed by atoms with Gasteiger partial charge in [-0.2, -0.15) is 0 Å². The Kier molecular flexibility index (Phi) is 9.06. The Morgan fingerprint density at radius 1 is 0.621 bits per heavy atom. The van der Waals surface area contributed by atoms with Gasteiger partial charge in [0, 0.05) is 5.92 Å². The van der Waals surface area contributed by atoms with Crippen LogP contribution < -0.4 is 0 Å². The first-order chi connectivity index (χ1) is 14.3. The zero-order valence-electron chi connectivity index (χ0n) is 18.7. The van der Waals surface area contributed by atoms with Gasteiger partial charge in [0.05, 0.1) is 0 Å². The summed E-state index contributed by atoms with van der Waals surface area (Å²) in [5.41, 5.74) is 5.99. The van der Waals surface area contributed by atoms with Crippen LogP contribution in [0.5, 0.6) is 0 Å². The molecule has 1 aliphatic rings. The molecule has 0 spiro atoms. The van der Waals surface area contributed by atoms with Gasteiger partial charge >= 0.3 is 0 Å². The lowest BCUT2D eigenvalue weighted by Crippen LogP contribution is -2.08. The van der Waals surface area contributed by atoms with Crippen molar-refractivity contribution in [2.24, 2.45) is 5.92 Å². The van der Waals surface area contributed by atoms with Crippen LogP contribution in [0.1, 0.15) is 93.4 Å². The first kappa shape index (κ1) is 21.9. The summed E-state index contributed by atoms with van der Waals surface area (Å²) in [5, 5.41) is 0. The SMILES string of the molecule is CCCCCc1ccc(C2C=CC(CCc3ccc(CCCC)cc3)CC2)cc1. The number of hydrogen-bond acceptors (Lipinski definition) is 0. The molecule has 2 unspecified atom stereocenters. The van der Waals surface area contributed by atoms with E-state index in [0.29, 0.717) is 5.92 Å². The summed E-state index contributed by atoms with van der Waals surface area (Å²) in [4.78, 5) is 0.